The molecule has 0 saturated heterocycles. The number of carbonyl (C=O) groups is 1. The van der Waals surface area contributed by atoms with Crippen LogP contribution in [0.15, 0.2) is 41.8 Å². The van der Waals surface area contributed by atoms with Crippen molar-refractivity contribution in [1.29, 1.82) is 0 Å². The molecule has 2 unspecified atom stereocenters. The Morgan fingerprint density at radius 3 is 2.39 bits per heavy atom. The molecule has 18 heavy (non-hydrogen) atoms. The predicted octanol–water partition coefficient (Wildman–Crippen LogP) is 1.89. The smallest absolute Gasteiger partial charge is 0.335 e. The van der Waals surface area contributed by atoms with Crippen LogP contribution in [0.5, 0.6) is 0 Å². The van der Waals surface area contributed by atoms with Crippen molar-refractivity contribution in [3.8, 4) is 11.1 Å². The van der Waals surface area contributed by atoms with Gasteiger partial charge in [0.2, 0.25) is 0 Å². The van der Waals surface area contributed by atoms with Crippen molar-refractivity contribution in [3.63, 3.8) is 0 Å². The van der Waals surface area contributed by atoms with Crippen LogP contribution in [0.1, 0.15) is 11.0 Å². The highest BCUT2D eigenvalue weighted by molar-refractivity contribution is 7.10. The molecule has 0 bridgehead atoms. The van der Waals surface area contributed by atoms with E-state index in [-0.39, 0.29) is 0 Å². The van der Waals surface area contributed by atoms with Gasteiger partial charge in [-0.25, -0.2) is 4.79 Å². The third-order valence-electron chi connectivity index (χ3n) is 2.57. The Morgan fingerprint density at radius 1 is 1.11 bits per heavy atom. The van der Waals surface area contributed by atoms with E-state index in [1.807, 2.05) is 35.7 Å². The molecule has 0 fully saturated rings. The van der Waals surface area contributed by atoms with Crippen molar-refractivity contribution in [2.75, 3.05) is 0 Å². The maximum atomic E-state index is 10.6. The van der Waals surface area contributed by atoms with Crippen LogP contribution in [0, 0.1) is 0 Å². The minimum absolute atomic E-state index is 0.434. The van der Waals surface area contributed by atoms with Gasteiger partial charge in [0, 0.05) is 4.88 Å². The third-order valence-corrected chi connectivity index (χ3v) is 3.57. The Hall–Kier alpha value is -1.69. The summed E-state index contributed by atoms with van der Waals surface area (Å²) in [5, 5.41) is 29.4. The lowest BCUT2D eigenvalue weighted by molar-refractivity contribution is -0.152. The molecular weight excluding hydrogens is 252 g/mol. The summed E-state index contributed by atoms with van der Waals surface area (Å²) in [7, 11) is 0. The molecule has 0 saturated carbocycles. The topological polar surface area (TPSA) is 77.8 Å². The summed E-state index contributed by atoms with van der Waals surface area (Å²) in [6.45, 7) is 0. The van der Waals surface area contributed by atoms with Crippen LogP contribution >= 0.6 is 11.3 Å². The number of rotatable bonds is 4. The fourth-order valence-electron chi connectivity index (χ4n) is 1.58. The van der Waals surface area contributed by atoms with Crippen LogP contribution in [0.4, 0.5) is 0 Å². The number of aliphatic hydroxyl groups is 2. The van der Waals surface area contributed by atoms with Crippen molar-refractivity contribution in [2.24, 2.45) is 0 Å². The van der Waals surface area contributed by atoms with E-state index in [2.05, 4.69) is 0 Å². The van der Waals surface area contributed by atoms with Gasteiger partial charge in [0.1, 0.15) is 6.10 Å². The van der Waals surface area contributed by atoms with Crippen molar-refractivity contribution in [2.45, 2.75) is 12.2 Å². The van der Waals surface area contributed by atoms with E-state index >= 15 is 0 Å². The molecule has 2 rings (SSSR count). The molecule has 0 aliphatic heterocycles. The number of aliphatic hydroxyl groups excluding tert-OH is 2. The SMILES string of the molecule is O=C(O)C(O)C(O)c1cc(-c2ccccc2)cs1. The van der Waals surface area contributed by atoms with Gasteiger partial charge in [0.25, 0.3) is 0 Å². The molecule has 1 heterocycles. The van der Waals surface area contributed by atoms with Crippen LogP contribution in [0.3, 0.4) is 0 Å². The van der Waals surface area contributed by atoms with E-state index in [1.165, 1.54) is 11.3 Å². The van der Waals surface area contributed by atoms with E-state index in [0.29, 0.717) is 4.88 Å². The summed E-state index contributed by atoms with van der Waals surface area (Å²) in [6, 6.07) is 11.2. The zero-order valence-corrected chi connectivity index (χ0v) is 10.2. The van der Waals surface area contributed by atoms with Crippen molar-refractivity contribution in [3.05, 3.63) is 46.7 Å². The Balaban J connectivity index is 2.23. The maximum absolute atomic E-state index is 10.6. The molecule has 0 amide bonds. The number of carboxylic acid groups (broad SMARTS) is 1. The number of thiophene rings is 1. The Kier molecular flexibility index (Phi) is 3.76. The van der Waals surface area contributed by atoms with Crippen LogP contribution in [0.2, 0.25) is 0 Å². The quantitative estimate of drug-likeness (QED) is 0.788. The van der Waals surface area contributed by atoms with Gasteiger partial charge in [0.15, 0.2) is 6.10 Å². The molecule has 4 nitrogen and oxygen atoms in total. The summed E-state index contributed by atoms with van der Waals surface area (Å²) in [6.07, 6.45) is -3.20. The molecule has 0 spiro atoms. The largest absolute Gasteiger partial charge is 0.479 e. The number of hydrogen-bond donors (Lipinski definition) is 3. The lowest BCUT2D eigenvalue weighted by atomic mass is 10.1. The average molecular weight is 264 g/mol. The van der Waals surface area contributed by atoms with Crippen LogP contribution < -0.4 is 0 Å². The monoisotopic (exact) mass is 264 g/mol. The van der Waals surface area contributed by atoms with Gasteiger partial charge in [-0.15, -0.1) is 11.3 Å². The summed E-state index contributed by atoms with van der Waals surface area (Å²) in [5.41, 5.74) is 1.88. The molecule has 1 aromatic heterocycles. The van der Waals surface area contributed by atoms with Gasteiger partial charge >= 0.3 is 5.97 Å². The number of hydrogen-bond acceptors (Lipinski definition) is 4. The van der Waals surface area contributed by atoms with Gasteiger partial charge in [-0.05, 0) is 22.6 Å². The fourth-order valence-corrected chi connectivity index (χ4v) is 2.51. The molecule has 0 radical (unpaired) electrons. The Labute approximate surface area is 108 Å². The first kappa shape index (κ1) is 12.8. The number of aliphatic carboxylic acids is 1. The molecule has 94 valence electrons. The third kappa shape index (κ3) is 2.59. The van der Waals surface area contributed by atoms with Crippen LogP contribution in [-0.2, 0) is 4.79 Å². The summed E-state index contributed by atoms with van der Waals surface area (Å²) in [5.74, 6) is -1.43. The predicted molar refractivity (Wildman–Crippen MR) is 68.4 cm³/mol. The van der Waals surface area contributed by atoms with Crippen LogP contribution in [0.25, 0.3) is 11.1 Å². The molecule has 5 heteroatoms. The van der Waals surface area contributed by atoms with E-state index in [1.54, 1.807) is 6.07 Å². The highest BCUT2D eigenvalue weighted by Crippen LogP contribution is 2.30. The fraction of sp³-hybridized carbons (Fsp3) is 0.154. The minimum atomic E-state index is -1.80. The first-order valence-corrected chi connectivity index (χ1v) is 6.20. The van der Waals surface area contributed by atoms with E-state index in [9.17, 15) is 15.0 Å². The minimum Gasteiger partial charge on any atom is -0.479 e. The zero-order valence-electron chi connectivity index (χ0n) is 9.35. The van der Waals surface area contributed by atoms with Gasteiger partial charge in [-0.1, -0.05) is 30.3 Å². The second-order valence-electron chi connectivity index (χ2n) is 3.83. The highest BCUT2D eigenvalue weighted by atomic mass is 32.1. The molecular formula is C13H12O4S. The molecule has 0 aliphatic rings. The van der Waals surface area contributed by atoms with Crippen LogP contribution in [-0.4, -0.2) is 27.4 Å². The average Bonchev–Trinajstić information content (AvgIpc) is 2.87. The normalized spacial score (nSPS) is 14.1. The van der Waals surface area contributed by atoms with E-state index in [4.69, 9.17) is 5.11 Å². The van der Waals surface area contributed by atoms with Gasteiger partial charge in [0.05, 0.1) is 0 Å². The molecule has 1 aromatic carbocycles. The standard InChI is InChI=1S/C13H12O4S/c14-11(12(15)13(16)17)10-6-9(7-18-10)8-4-2-1-3-5-8/h1-7,11-12,14-15H,(H,16,17). The van der Waals surface area contributed by atoms with Gasteiger partial charge < -0.3 is 15.3 Å². The maximum Gasteiger partial charge on any atom is 0.335 e. The Bertz CT molecular complexity index is 535. The molecule has 0 aliphatic carbocycles. The Morgan fingerprint density at radius 2 is 1.78 bits per heavy atom. The van der Waals surface area contributed by atoms with Crippen molar-refractivity contribution < 1.29 is 20.1 Å². The van der Waals surface area contributed by atoms with Crippen molar-refractivity contribution in [1.82, 2.24) is 0 Å². The van der Waals surface area contributed by atoms with Gasteiger partial charge in [-0.3, -0.25) is 0 Å². The second-order valence-corrected chi connectivity index (χ2v) is 4.77. The summed E-state index contributed by atoms with van der Waals surface area (Å²) < 4.78 is 0. The van der Waals surface area contributed by atoms with E-state index < -0.39 is 18.2 Å². The lowest BCUT2D eigenvalue weighted by Crippen LogP contribution is -2.26. The van der Waals surface area contributed by atoms with Crippen molar-refractivity contribution >= 4 is 17.3 Å². The number of carboxylic acids is 1. The summed E-state index contributed by atoms with van der Waals surface area (Å²) >= 11 is 1.22. The number of benzene rings is 1. The van der Waals surface area contributed by atoms with Gasteiger partial charge in [-0.2, -0.15) is 0 Å². The zero-order chi connectivity index (χ0) is 13.1. The first-order chi connectivity index (χ1) is 8.59. The molecule has 2 aromatic rings. The lowest BCUT2D eigenvalue weighted by Gasteiger charge is -2.11. The molecule has 2 atom stereocenters. The van der Waals surface area contributed by atoms with E-state index in [0.717, 1.165) is 11.1 Å². The first-order valence-electron chi connectivity index (χ1n) is 5.32. The highest BCUT2D eigenvalue weighted by Gasteiger charge is 2.26. The second kappa shape index (κ2) is 5.30. The summed E-state index contributed by atoms with van der Waals surface area (Å²) in [4.78, 5) is 11.0. The molecule has 3 N–H and O–H groups in total.